The molecule has 24 heavy (non-hydrogen) atoms. The highest BCUT2D eigenvalue weighted by Gasteiger charge is 2.21. The Kier molecular flexibility index (Phi) is 7.52. The third kappa shape index (κ3) is 6.30. The molecule has 1 aromatic rings. The second kappa shape index (κ2) is 8.70. The smallest absolute Gasteiger partial charge is 0.0132 e. The highest BCUT2D eigenvalue weighted by atomic mass is 14.3. The molecule has 134 valence electrons. The van der Waals surface area contributed by atoms with Crippen molar-refractivity contribution in [2.24, 2.45) is 11.3 Å². The van der Waals surface area contributed by atoms with E-state index >= 15 is 0 Å². The molecule has 0 radical (unpaired) electrons. The zero-order valence-corrected chi connectivity index (χ0v) is 17.2. The molecule has 1 aromatic carbocycles. The van der Waals surface area contributed by atoms with Crippen molar-refractivity contribution >= 4 is 6.08 Å². The van der Waals surface area contributed by atoms with Gasteiger partial charge in [-0.15, -0.1) is 0 Å². The monoisotopic (exact) mass is 326 g/mol. The molecule has 0 nitrogen and oxygen atoms in total. The Bertz CT molecular complexity index is 541. The molecular formula is C24H38. The Balaban J connectivity index is 0.00000139. The van der Waals surface area contributed by atoms with Crippen LogP contribution in [0.1, 0.15) is 85.8 Å². The van der Waals surface area contributed by atoms with Crippen LogP contribution in [0.4, 0.5) is 0 Å². The first kappa shape index (κ1) is 20.7. The van der Waals surface area contributed by atoms with Gasteiger partial charge in [-0.25, -0.2) is 0 Å². The van der Waals surface area contributed by atoms with Gasteiger partial charge in [-0.05, 0) is 47.1 Å². The second-order valence-electron chi connectivity index (χ2n) is 8.74. The number of allylic oxidation sites excluding steroid dienone is 3. The van der Waals surface area contributed by atoms with E-state index in [4.69, 9.17) is 0 Å². The minimum Gasteiger partial charge on any atom is -0.0842 e. The largest absolute Gasteiger partial charge is 0.0842 e. The third-order valence-corrected chi connectivity index (χ3v) is 4.75. The maximum Gasteiger partial charge on any atom is -0.0132 e. The van der Waals surface area contributed by atoms with Crippen molar-refractivity contribution < 1.29 is 0 Å². The van der Waals surface area contributed by atoms with Gasteiger partial charge in [0, 0.05) is 0 Å². The molecule has 0 N–H and O–H groups in total. The molecule has 0 heterocycles. The van der Waals surface area contributed by atoms with Crippen molar-refractivity contribution in [3.05, 3.63) is 53.1 Å². The average molecular weight is 327 g/mol. The van der Waals surface area contributed by atoms with E-state index in [9.17, 15) is 0 Å². The minimum atomic E-state index is 0.236. The van der Waals surface area contributed by atoms with Crippen LogP contribution in [0, 0.1) is 11.3 Å². The predicted octanol–water partition coefficient (Wildman–Crippen LogP) is 7.80. The van der Waals surface area contributed by atoms with Crippen LogP contribution < -0.4 is 0 Å². The molecule has 0 amide bonds. The molecule has 2 rings (SSSR count). The standard InChI is InChI=1S/C22H32.C2H6/c1-21(2,3)19-13-9-17(10-14-19)7-8-18-11-15-20(16-12-18)22(4,5)6;1-2/h7-10,13-15,18H,11-12,16H2,1-6H3;1-2H3. The van der Waals surface area contributed by atoms with Crippen LogP contribution in [-0.2, 0) is 5.41 Å². The Hall–Kier alpha value is -1.30. The zero-order chi connectivity index (χ0) is 18.4. The molecule has 0 aromatic heterocycles. The summed E-state index contributed by atoms with van der Waals surface area (Å²) in [6.45, 7) is 17.8. The van der Waals surface area contributed by atoms with E-state index in [0.29, 0.717) is 11.3 Å². The van der Waals surface area contributed by atoms with Gasteiger partial charge in [0.1, 0.15) is 0 Å². The lowest BCUT2D eigenvalue weighted by molar-refractivity contribution is 0.437. The second-order valence-corrected chi connectivity index (χ2v) is 8.74. The highest BCUT2D eigenvalue weighted by Crippen LogP contribution is 2.35. The number of rotatable bonds is 2. The van der Waals surface area contributed by atoms with Crippen LogP contribution in [0.25, 0.3) is 6.08 Å². The van der Waals surface area contributed by atoms with Crippen molar-refractivity contribution in [3.63, 3.8) is 0 Å². The van der Waals surface area contributed by atoms with Gasteiger partial charge in [-0.1, -0.05) is 103 Å². The zero-order valence-electron chi connectivity index (χ0n) is 17.2. The lowest BCUT2D eigenvalue weighted by atomic mass is 9.77. The number of hydrogen-bond acceptors (Lipinski definition) is 0. The van der Waals surface area contributed by atoms with Crippen molar-refractivity contribution in [2.75, 3.05) is 0 Å². The highest BCUT2D eigenvalue weighted by molar-refractivity contribution is 5.50. The van der Waals surface area contributed by atoms with Crippen molar-refractivity contribution in [3.8, 4) is 0 Å². The molecule has 0 bridgehead atoms. The number of hydrogen-bond donors (Lipinski definition) is 0. The van der Waals surface area contributed by atoms with Crippen LogP contribution in [0.2, 0.25) is 0 Å². The molecule has 1 atom stereocenters. The van der Waals surface area contributed by atoms with E-state index in [0.717, 1.165) is 0 Å². The molecule has 1 unspecified atom stereocenters. The van der Waals surface area contributed by atoms with E-state index in [2.05, 4.69) is 84.0 Å². The predicted molar refractivity (Wildman–Crippen MR) is 110 cm³/mol. The summed E-state index contributed by atoms with van der Waals surface area (Å²) < 4.78 is 0. The van der Waals surface area contributed by atoms with Crippen LogP contribution in [0.15, 0.2) is 42.0 Å². The van der Waals surface area contributed by atoms with E-state index < -0.39 is 0 Å². The third-order valence-electron chi connectivity index (χ3n) is 4.75. The lowest BCUT2D eigenvalue weighted by Gasteiger charge is -2.28. The molecule has 1 aliphatic rings. The Morgan fingerprint density at radius 1 is 0.875 bits per heavy atom. The topological polar surface area (TPSA) is 0 Å². The maximum absolute atomic E-state index is 2.47. The molecule has 0 spiro atoms. The summed E-state index contributed by atoms with van der Waals surface area (Å²) in [5.41, 5.74) is 4.93. The summed E-state index contributed by atoms with van der Waals surface area (Å²) in [7, 11) is 0. The van der Waals surface area contributed by atoms with Crippen molar-refractivity contribution in [1.82, 2.24) is 0 Å². The SMILES string of the molecule is CC.CC(C)(C)C1=CCC(C=Cc2ccc(C(C)(C)C)cc2)CC1. The first-order valence-corrected chi connectivity index (χ1v) is 9.64. The van der Waals surface area contributed by atoms with Crippen LogP contribution in [0.3, 0.4) is 0 Å². The van der Waals surface area contributed by atoms with Gasteiger partial charge in [-0.2, -0.15) is 0 Å². The molecule has 0 saturated heterocycles. The Labute approximate surface area is 151 Å². The van der Waals surface area contributed by atoms with Crippen molar-refractivity contribution in [1.29, 1.82) is 0 Å². The van der Waals surface area contributed by atoms with Gasteiger partial charge in [0.25, 0.3) is 0 Å². The van der Waals surface area contributed by atoms with Gasteiger partial charge in [0.2, 0.25) is 0 Å². The molecule has 0 saturated carbocycles. The first-order valence-electron chi connectivity index (χ1n) is 9.64. The average Bonchev–Trinajstić information content (AvgIpc) is 2.54. The maximum atomic E-state index is 2.47. The normalized spacial score (nSPS) is 18.8. The minimum absolute atomic E-state index is 0.236. The van der Waals surface area contributed by atoms with Crippen LogP contribution in [0.5, 0.6) is 0 Å². The van der Waals surface area contributed by atoms with Gasteiger partial charge in [0.05, 0.1) is 0 Å². The lowest BCUT2D eigenvalue weighted by Crippen LogP contribution is -2.14. The van der Waals surface area contributed by atoms with Gasteiger partial charge in [0.15, 0.2) is 0 Å². The van der Waals surface area contributed by atoms with Crippen molar-refractivity contribution in [2.45, 2.75) is 80.1 Å². The fourth-order valence-electron chi connectivity index (χ4n) is 3.05. The van der Waals surface area contributed by atoms with Gasteiger partial charge in [-0.3, -0.25) is 0 Å². The van der Waals surface area contributed by atoms with Gasteiger partial charge >= 0.3 is 0 Å². The summed E-state index contributed by atoms with van der Waals surface area (Å²) in [4.78, 5) is 0. The fraction of sp³-hybridized carbons (Fsp3) is 0.583. The molecule has 0 heteroatoms. The summed E-state index contributed by atoms with van der Waals surface area (Å²) in [5, 5.41) is 0. The van der Waals surface area contributed by atoms with E-state index in [1.807, 2.05) is 13.8 Å². The first-order chi connectivity index (χ1) is 11.2. The Morgan fingerprint density at radius 2 is 1.46 bits per heavy atom. The Morgan fingerprint density at radius 3 is 1.88 bits per heavy atom. The summed E-state index contributed by atoms with van der Waals surface area (Å²) in [6.07, 6.45) is 10.9. The summed E-state index contributed by atoms with van der Waals surface area (Å²) in [5.74, 6) is 0.702. The summed E-state index contributed by atoms with van der Waals surface area (Å²) in [6, 6.07) is 9.02. The van der Waals surface area contributed by atoms with Gasteiger partial charge < -0.3 is 0 Å². The fourth-order valence-corrected chi connectivity index (χ4v) is 3.05. The molecular weight excluding hydrogens is 288 g/mol. The summed E-state index contributed by atoms with van der Waals surface area (Å²) >= 11 is 0. The van der Waals surface area contributed by atoms with E-state index in [1.54, 1.807) is 5.57 Å². The molecule has 0 aliphatic heterocycles. The molecule has 0 fully saturated rings. The number of benzene rings is 1. The van der Waals surface area contributed by atoms with Crippen LogP contribution >= 0.6 is 0 Å². The van der Waals surface area contributed by atoms with E-state index in [1.165, 1.54) is 30.4 Å². The van der Waals surface area contributed by atoms with E-state index in [-0.39, 0.29) is 5.41 Å². The van der Waals surface area contributed by atoms with Crippen LogP contribution in [-0.4, -0.2) is 0 Å². The molecule has 1 aliphatic carbocycles. The quantitative estimate of drug-likeness (QED) is 0.486.